The molecule has 6 N–H and O–H groups in total. The minimum atomic E-state index is -2.93. The highest BCUT2D eigenvalue weighted by Gasteiger charge is 2.53. The largest absolute Gasteiger partial charge is 0.394 e. The molecule has 0 saturated carbocycles. The first-order valence-corrected chi connectivity index (χ1v) is 3.66. The van der Waals surface area contributed by atoms with Crippen LogP contribution in [-0.4, -0.2) is 67.6 Å². The quantitative estimate of drug-likeness (QED) is 0.236. The van der Waals surface area contributed by atoms with Crippen LogP contribution in [0.1, 0.15) is 0 Å². The monoisotopic (exact) mass is 196 g/mol. The summed E-state index contributed by atoms with van der Waals surface area (Å²) >= 11 is 0. The summed E-state index contributed by atoms with van der Waals surface area (Å²) in [5, 5.41) is 53.7. The molecule has 0 bridgehead atoms. The van der Waals surface area contributed by atoms with Crippen molar-refractivity contribution < 1.29 is 35.4 Å². The Morgan fingerprint density at radius 2 is 1.69 bits per heavy atom. The summed E-state index contributed by atoms with van der Waals surface area (Å²) in [6.07, 6.45) is -6.96. The maximum atomic E-state index is 9.12. The first kappa shape index (κ1) is 10.8. The SMILES string of the molecule is OCC1OC(O)C(O)(O)C(O)C1O. The number of rotatable bonds is 1. The van der Waals surface area contributed by atoms with E-state index in [1.165, 1.54) is 0 Å². The van der Waals surface area contributed by atoms with E-state index in [1.54, 1.807) is 0 Å². The van der Waals surface area contributed by atoms with Gasteiger partial charge in [-0.1, -0.05) is 0 Å². The van der Waals surface area contributed by atoms with Crippen molar-refractivity contribution in [2.75, 3.05) is 6.61 Å². The van der Waals surface area contributed by atoms with Gasteiger partial charge in [-0.15, -0.1) is 0 Å². The van der Waals surface area contributed by atoms with E-state index in [1.807, 2.05) is 0 Å². The third-order valence-electron chi connectivity index (χ3n) is 1.99. The smallest absolute Gasteiger partial charge is 0.245 e. The van der Waals surface area contributed by atoms with Crippen LogP contribution < -0.4 is 0 Å². The van der Waals surface area contributed by atoms with Crippen molar-refractivity contribution in [3.63, 3.8) is 0 Å². The second-order valence-electron chi connectivity index (χ2n) is 2.93. The van der Waals surface area contributed by atoms with Crippen molar-refractivity contribution >= 4 is 0 Å². The Hall–Kier alpha value is -0.280. The molecule has 0 aromatic heterocycles. The van der Waals surface area contributed by atoms with Gasteiger partial charge in [-0.05, 0) is 0 Å². The molecular weight excluding hydrogens is 184 g/mol. The highest BCUT2D eigenvalue weighted by Crippen LogP contribution is 2.26. The molecule has 0 aromatic rings. The van der Waals surface area contributed by atoms with Gasteiger partial charge in [0.1, 0.15) is 18.3 Å². The van der Waals surface area contributed by atoms with Gasteiger partial charge in [-0.3, -0.25) is 0 Å². The van der Waals surface area contributed by atoms with Crippen molar-refractivity contribution in [2.24, 2.45) is 0 Å². The van der Waals surface area contributed by atoms with E-state index in [-0.39, 0.29) is 0 Å². The Morgan fingerprint density at radius 3 is 2.15 bits per heavy atom. The molecule has 78 valence electrons. The average Bonchev–Trinajstić information content (AvgIpc) is 2.09. The van der Waals surface area contributed by atoms with Crippen molar-refractivity contribution in [3.8, 4) is 0 Å². The summed E-state index contributed by atoms with van der Waals surface area (Å²) in [5.74, 6) is -2.93. The van der Waals surface area contributed by atoms with Gasteiger partial charge in [0, 0.05) is 0 Å². The van der Waals surface area contributed by atoms with Crippen LogP contribution in [0.5, 0.6) is 0 Å². The molecule has 7 heteroatoms. The highest BCUT2D eigenvalue weighted by molar-refractivity contribution is 4.92. The molecule has 0 radical (unpaired) electrons. The third kappa shape index (κ3) is 1.67. The number of ether oxygens (including phenoxy) is 1. The second-order valence-corrected chi connectivity index (χ2v) is 2.93. The molecule has 1 heterocycles. The van der Waals surface area contributed by atoms with Gasteiger partial charge in [0.25, 0.3) is 0 Å². The molecule has 0 aliphatic carbocycles. The fraction of sp³-hybridized carbons (Fsp3) is 1.00. The molecule has 1 aliphatic heterocycles. The number of hydrogen-bond donors (Lipinski definition) is 6. The van der Waals surface area contributed by atoms with E-state index in [0.29, 0.717) is 0 Å². The predicted molar refractivity (Wildman–Crippen MR) is 37.1 cm³/mol. The van der Waals surface area contributed by atoms with Crippen LogP contribution in [0, 0.1) is 0 Å². The van der Waals surface area contributed by atoms with Crippen LogP contribution in [0.4, 0.5) is 0 Å². The summed E-state index contributed by atoms with van der Waals surface area (Å²) in [7, 11) is 0. The lowest BCUT2D eigenvalue weighted by molar-refractivity contribution is -0.395. The topological polar surface area (TPSA) is 131 Å². The minimum absolute atomic E-state index is 0.647. The lowest BCUT2D eigenvalue weighted by Crippen LogP contribution is -2.66. The molecule has 4 unspecified atom stereocenters. The molecule has 1 saturated heterocycles. The summed E-state index contributed by atoms with van der Waals surface area (Å²) < 4.78 is 4.43. The van der Waals surface area contributed by atoms with Gasteiger partial charge in [0.05, 0.1) is 6.61 Å². The Kier molecular flexibility index (Phi) is 2.88. The van der Waals surface area contributed by atoms with Crippen LogP contribution >= 0.6 is 0 Å². The van der Waals surface area contributed by atoms with Gasteiger partial charge in [-0.2, -0.15) is 0 Å². The summed E-state index contributed by atoms with van der Waals surface area (Å²) in [6, 6.07) is 0. The lowest BCUT2D eigenvalue weighted by Gasteiger charge is -2.42. The van der Waals surface area contributed by atoms with Crippen LogP contribution in [0.2, 0.25) is 0 Å². The Labute approximate surface area is 73.4 Å². The van der Waals surface area contributed by atoms with Gasteiger partial charge in [0.15, 0.2) is 0 Å². The number of aliphatic hydroxyl groups excluding tert-OH is 4. The standard InChI is InChI=1S/C6H12O7/c7-1-2-3(8)4(9)6(11,12)5(10)13-2/h2-5,7-12H,1H2. The molecule has 7 nitrogen and oxygen atoms in total. The number of hydrogen-bond acceptors (Lipinski definition) is 7. The molecule has 1 aliphatic rings. The molecule has 1 rings (SSSR count). The van der Waals surface area contributed by atoms with Crippen LogP contribution in [0.3, 0.4) is 0 Å². The van der Waals surface area contributed by atoms with E-state index < -0.39 is 37.0 Å². The summed E-state index contributed by atoms with van der Waals surface area (Å²) in [4.78, 5) is 0. The van der Waals surface area contributed by atoms with Crippen molar-refractivity contribution in [3.05, 3.63) is 0 Å². The Morgan fingerprint density at radius 1 is 1.15 bits per heavy atom. The van der Waals surface area contributed by atoms with Gasteiger partial charge in [0.2, 0.25) is 12.1 Å². The molecular formula is C6H12O7. The van der Waals surface area contributed by atoms with Crippen LogP contribution in [-0.2, 0) is 4.74 Å². The van der Waals surface area contributed by atoms with Crippen molar-refractivity contribution in [1.29, 1.82) is 0 Å². The van der Waals surface area contributed by atoms with Gasteiger partial charge in [-0.25, -0.2) is 0 Å². The second kappa shape index (κ2) is 3.46. The molecule has 13 heavy (non-hydrogen) atoms. The summed E-state index contributed by atoms with van der Waals surface area (Å²) in [5.41, 5.74) is 0. The zero-order valence-electron chi connectivity index (χ0n) is 6.61. The average molecular weight is 196 g/mol. The number of aliphatic hydroxyl groups is 6. The first-order chi connectivity index (χ1) is 5.91. The zero-order valence-corrected chi connectivity index (χ0v) is 6.61. The molecule has 0 spiro atoms. The molecule has 4 atom stereocenters. The van der Waals surface area contributed by atoms with Gasteiger partial charge < -0.3 is 35.4 Å². The van der Waals surface area contributed by atoms with E-state index in [9.17, 15) is 0 Å². The van der Waals surface area contributed by atoms with E-state index in [4.69, 9.17) is 30.6 Å². The molecule has 1 fully saturated rings. The third-order valence-corrected chi connectivity index (χ3v) is 1.99. The zero-order chi connectivity index (χ0) is 10.2. The summed E-state index contributed by atoms with van der Waals surface area (Å²) in [6.45, 7) is -0.647. The maximum absolute atomic E-state index is 9.12. The Balaban J connectivity index is 2.79. The fourth-order valence-corrected chi connectivity index (χ4v) is 1.10. The molecule has 0 aromatic carbocycles. The van der Waals surface area contributed by atoms with Crippen molar-refractivity contribution in [2.45, 2.75) is 30.4 Å². The fourth-order valence-electron chi connectivity index (χ4n) is 1.10. The lowest BCUT2D eigenvalue weighted by atomic mass is 9.96. The highest BCUT2D eigenvalue weighted by atomic mass is 16.7. The maximum Gasteiger partial charge on any atom is 0.245 e. The van der Waals surface area contributed by atoms with Crippen LogP contribution in [0.25, 0.3) is 0 Å². The first-order valence-electron chi connectivity index (χ1n) is 3.66. The predicted octanol–water partition coefficient (Wildman–Crippen LogP) is -3.90. The Bertz CT molecular complexity index is 182. The van der Waals surface area contributed by atoms with Crippen molar-refractivity contribution in [1.82, 2.24) is 0 Å². The van der Waals surface area contributed by atoms with E-state index in [0.717, 1.165) is 0 Å². The minimum Gasteiger partial charge on any atom is -0.394 e. The van der Waals surface area contributed by atoms with E-state index >= 15 is 0 Å². The molecule has 0 amide bonds. The normalized spacial score (nSPS) is 44.8. The van der Waals surface area contributed by atoms with Gasteiger partial charge >= 0.3 is 0 Å². The van der Waals surface area contributed by atoms with Crippen LogP contribution in [0.15, 0.2) is 0 Å². The van der Waals surface area contributed by atoms with E-state index in [2.05, 4.69) is 4.74 Å².